The van der Waals surface area contributed by atoms with E-state index in [4.69, 9.17) is 5.84 Å². The number of nitrogens with one attached hydrogen (secondary N) is 1. The number of rotatable bonds is 8. The van der Waals surface area contributed by atoms with E-state index in [1.54, 1.807) is 6.92 Å². The molecule has 0 radical (unpaired) electrons. The van der Waals surface area contributed by atoms with Crippen LogP contribution in [0.3, 0.4) is 0 Å². The lowest BCUT2D eigenvalue weighted by Crippen LogP contribution is -2.38. The van der Waals surface area contributed by atoms with Crippen molar-refractivity contribution in [3.63, 3.8) is 0 Å². The van der Waals surface area contributed by atoms with Gasteiger partial charge >= 0.3 is 18.3 Å². The molecule has 0 unspecified atom stereocenters. The molecule has 29 heavy (non-hydrogen) atoms. The zero-order chi connectivity index (χ0) is 22.4. The molecule has 1 aromatic rings. The third-order valence-electron chi connectivity index (χ3n) is 4.22. The Morgan fingerprint density at radius 2 is 1.66 bits per heavy atom. The lowest BCUT2D eigenvalue weighted by atomic mass is 9.82. The quantitative estimate of drug-likeness (QED) is 0.191. The van der Waals surface area contributed by atoms with Crippen LogP contribution in [0.25, 0.3) is 5.43 Å². The third-order valence-corrected chi connectivity index (χ3v) is 4.22. The highest BCUT2D eigenvalue weighted by molar-refractivity contribution is 5.89. The van der Waals surface area contributed by atoms with E-state index in [2.05, 4.69) is 16.0 Å². The maximum absolute atomic E-state index is 13.1. The van der Waals surface area contributed by atoms with Gasteiger partial charge in [-0.2, -0.15) is 31.4 Å². The Labute approximate surface area is 163 Å². The number of hydrazone groups is 1. The van der Waals surface area contributed by atoms with Crippen LogP contribution in [-0.4, -0.2) is 24.0 Å². The van der Waals surface area contributed by atoms with Crippen LogP contribution in [0.5, 0.6) is 0 Å². The fourth-order valence-electron chi connectivity index (χ4n) is 2.95. The largest absolute Gasteiger partial charge is 0.573 e. The Morgan fingerprint density at radius 3 is 2.00 bits per heavy atom. The molecule has 4 N–H and O–H groups in total. The van der Waals surface area contributed by atoms with Gasteiger partial charge in [-0.15, -0.1) is 7.05 Å². The molecule has 0 aliphatic carbocycles. The average Bonchev–Trinajstić information content (AvgIpc) is 2.61. The highest BCUT2D eigenvalue weighted by Crippen LogP contribution is 2.37. The zero-order valence-corrected chi connectivity index (χ0v) is 15.6. The second-order valence-corrected chi connectivity index (χ2v) is 6.31. The number of alkyl halides is 6. The van der Waals surface area contributed by atoms with Crippen LogP contribution in [0.2, 0.25) is 0 Å². The first-order valence-corrected chi connectivity index (χ1v) is 8.48. The number of aliphatic carboxylic acids is 1. The van der Waals surface area contributed by atoms with Crippen LogP contribution < -0.4 is 11.3 Å². The summed E-state index contributed by atoms with van der Waals surface area (Å²) in [7, 11) is 1.30. The summed E-state index contributed by atoms with van der Waals surface area (Å²) in [4.78, 5) is 11.7. The predicted molar refractivity (Wildman–Crippen MR) is 93.7 cm³/mol. The van der Waals surface area contributed by atoms with Gasteiger partial charge in [-0.25, -0.2) is 0 Å². The predicted octanol–water partition coefficient (Wildman–Crippen LogP) is 4.16. The Hall–Kier alpha value is -2.50. The Bertz CT molecular complexity index is 701. The summed E-state index contributed by atoms with van der Waals surface area (Å²) in [6.45, 7) is 1.69. The highest BCUT2D eigenvalue weighted by atomic mass is 19.4. The number of benzene rings is 1. The molecule has 0 aliphatic heterocycles. The summed E-state index contributed by atoms with van der Waals surface area (Å²) < 4.78 is 78.6. The van der Waals surface area contributed by atoms with Gasteiger partial charge < -0.3 is 21.8 Å². The van der Waals surface area contributed by atoms with Crippen molar-refractivity contribution < 1.29 is 36.2 Å². The molecule has 6 nitrogen and oxygen atoms in total. The van der Waals surface area contributed by atoms with Crippen molar-refractivity contribution in [1.82, 2.24) is 5.43 Å². The molecular weight excluding hydrogens is 406 g/mol. The number of carboxylic acid groups (broad SMARTS) is 1. The van der Waals surface area contributed by atoms with Gasteiger partial charge in [0.2, 0.25) is 0 Å². The molecule has 2 atom stereocenters. The van der Waals surface area contributed by atoms with Crippen LogP contribution in [-0.2, 0) is 23.6 Å². The molecule has 0 spiro atoms. The van der Waals surface area contributed by atoms with Gasteiger partial charge in [-0.1, -0.05) is 13.3 Å². The normalized spacial score (nSPS) is 15.1. The second kappa shape index (κ2) is 9.81. The fourth-order valence-corrected chi connectivity index (χ4v) is 2.95. The SMILES string of the molecule is CCC[C@H](C(=O)O)[C@H](Cc1cc(C(F)(F)F)cc(C(F)(F)F)c1)C(=NN)N[N-]C. The van der Waals surface area contributed by atoms with Gasteiger partial charge in [-0.05, 0) is 36.6 Å². The molecule has 0 bridgehead atoms. The van der Waals surface area contributed by atoms with E-state index in [1.807, 2.05) is 0 Å². The number of amidine groups is 1. The van der Waals surface area contributed by atoms with E-state index in [9.17, 15) is 36.2 Å². The molecule has 0 amide bonds. The molecule has 0 saturated heterocycles. The summed E-state index contributed by atoms with van der Waals surface area (Å²) in [6, 6.07) is 1.13. The molecule has 12 heteroatoms. The summed E-state index contributed by atoms with van der Waals surface area (Å²) in [5, 5.41) is 12.9. The number of hydrogen-bond acceptors (Lipinski definition) is 3. The lowest BCUT2D eigenvalue weighted by Gasteiger charge is -2.30. The van der Waals surface area contributed by atoms with Crippen molar-refractivity contribution in [3.05, 3.63) is 40.3 Å². The van der Waals surface area contributed by atoms with Crippen molar-refractivity contribution in [2.45, 2.75) is 38.5 Å². The first kappa shape index (κ1) is 24.5. The van der Waals surface area contributed by atoms with E-state index < -0.39 is 47.7 Å². The van der Waals surface area contributed by atoms with Gasteiger partial charge in [0.05, 0.1) is 17.0 Å². The van der Waals surface area contributed by atoms with Crippen LogP contribution in [0.4, 0.5) is 26.3 Å². The molecule has 164 valence electrons. The van der Waals surface area contributed by atoms with Crippen molar-refractivity contribution in [2.24, 2.45) is 22.8 Å². The number of halogens is 6. The van der Waals surface area contributed by atoms with Gasteiger partial charge in [0.25, 0.3) is 0 Å². The number of carboxylic acids is 1. The lowest BCUT2D eigenvalue weighted by molar-refractivity contribution is -0.144. The van der Waals surface area contributed by atoms with Gasteiger partial charge in [-0.3, -0.25) is 4.79 Å². The number of hydrogen-bond donors (Lipinski definition) is 3. The van der Waals surface area contributed by atoms with Crippen molar-refractivity contribution in [1.29, 1.82) is 0 Å². The Balaban J connectivity index is 3.52. The summed E-state index contributed by atoms with van der Waals surface area (Å²) in [5.74, 6) is 1.55. The van der Waals surface area contributed by atoms with Crippen LogP contribution in [0.15, 0.2) is 23.3 Å². The molecule has 0 heterocycles. The van der Waals surface area contributed by atoms with Crippen LogP contribution >= 0.6 is 0 Å². The molecule has 0 saturated carbocycles. The van der Waals surface area contributed by atoms with Gasteiger partial charge in [0.1, 0.15) is 5.84 Å². The summed E-state index contributed by atoms with van der Waals surface area (Å²) in [6.07, 6.45) is -9.98. The molecule has 0 fully saturated rings. The van der Waals surface area contributed by atoms with E-state index >= 15 is 0 Å². The monoisotopic (exact) mass is 427 g/mol. The van der Waals surface area contributed by atoms with Crippen LogP contribution in [0, 0.1) is 11.8 Å². The molecule has 1 aromatic carbocycles. The molecule has 1 rings (SSSR count). The summed E-state index contributed by atoms with van der Waals surface area (Å²) >= 11 is 0. The van der Waals surface area contributed by atoms with E-state index in [1.165, 1.54) is 7.05 Å². The minimum atomic E-state index is -5.01. The minimum Gasteiger partial charge on any atom is -0.573 e. The Morgan fingerprint density at radius 1 is 1.14 bits per heavy atom. The first-order valence-electron chi connectivity index (χ1n) is 8.48. The number of nitrogens with zero attached hydrogens (tertiary/aromatic N) is 2. The van der Waals surface area contributed by atoms with E-state index in [0.29, 0.717) is 18.6 Å². The fraction of sp³-hybridized carbons (Fsp3) is 0.529. The molecule has 0 aliphatic rings. The minimum absolute atomic E-state index is 0.0107. The topological polar surface area (TPSA) is 102 Å². The van der Waals surface area contributed by atoms with E-state index in [-0.39, 0.29) is 23.9 Å². The number of nitrogens with two attached hydrogens (primary N) is 1. The van der Waals surface area contributed by atoms with Crippen molar-refractivity contribution in [3.8, 4) is 0 Å². The highest BCUT2D eigenvalue weighted by Gasteiger charge is 2.38. The third kappa shape index (κ3) is 6.80. The summed E-state index contributed by atoms with van der Waals surface area (Å²) in [5.41, 5.74) is 2.63. The molecule has 0 aromatic heterocycles. The maximum atomic E-state index is 13.1. The van der Waals surface area contributed by atoms with E-state index in [0.717, 1.165) is 0 Å². The first-order chi connectivity index (χ1) is 13.3. The molecular formula is C17H21F6N4O2-. The standard InChI is InChI=1S/C17H21F6N4O2/c1-3-4-12(15(28)29)13(14(26-24)27-25-2)7-9-5-10(16(18,19)20)8-11(6-9)17(21,22)23/h5-6,8,12-13H,3-4,7,24H2,1-2H3,(H,26,27)(H,28,29)/q-1/t12-,13-/m0/s1. The maximum Gasteiger partial charge on any atom is 0.416 e. The van der Waals surface area contributed by atoms with Crippen molar-refractivity contribution in [2.75, 3.05) is 7.05 Å². The Kier molecular flexibility index (Phi) is 8.30. The number of carbonyl (C=O) groups is 1. The average molecular weight is 427 g/mol. The van der Waals surface area contributed by atoms with Gasteiger partial charge in [0, 0.05) is 5.92 Å². The smallest absolute Gasteiger partial charge is 0.416 e. The zero-order valence-electron chi connectivity index (χ0n) is 15.6. The van der Waals surface area contributed by atoms with Gasteiger partial charge in [0.15, 0.2) is 0 Å². The van der Waals surface area contributed by atoms with Crippen molar-refractivity contribution >= 4 is 11.8 Å². The van der Waals surface area contributed by atoms with Crippen LogP contribution in [0.1, 0.15) is 36.5 Å². The second-order valence-electron chi connectivity index (χ2n) is 6.31.